The van der Waals surface area contributed by atoms with E-state index in [1.807, 2.05) is 19.2 Å². The summed E-state index contributed by atoms with van der Waals surface area (Å²) in [5.74, 6) is 0.435. The number of nitrogens with zero attached hydrogens (tertiary/aromatic N) is 4. The molecule has 0 fully saturated rings. The number of halogens is 1. The van der Waals surface area contributed by atoms with Crippen LogP contribution in [0, 0.1) is 10.1 Å². The lowest BCUT2D eigenvalue weighted by molar-refractivity contribution is -0.385. The highest BCUT2D eigenvalue weighted by Gasteiger charge is 2.10. The second kappa shape index (κ2) is 5.28. The zero-order valence-corrected chi connectivity index (χ0v) is 11.0. The fourth-order valence-electron chi connectivity index (χ4n) is 1.35. The minimum atomic E-state index is -0.525. The first-order valence-electron chi connectivity index (χ1n) is 4.98. The van der Waals surface area contributed by atoms with Crippen molar-refractivity contribution in [1.29, 1.82) is 0 Å². The molecule has 2 rings (SSSR count). The molecule has 0 aromatic carbocycles. The van der Waals surface area contributed by atoms with Crippen molar-refractivity contribution in [2.75, 3.05) is 11.9 Å². The van der Waals surface area contributed by atoms with Crippen molar-refractivity contribution >= 4 is 34.6 Å². The summed E-state index contributed by atoms with van der Waals surface area (Å²) < 4.78 is 0.725. The molecule has 0 unspecified atom stereocenters. The molecular formula is C10H9ClN4O2S. The van der Waals surface area contributed by atoms with Crippen LogP contribution in [0.1, 0.15) is 4.88 Å². The molecule has 0 atom stereocenters. The highest BCUT2D eigenvalue weighted by Crippen LogP contribution is 2.23. The smallest absolute Gasteiger partial charge is 0.305 e. The number of hydrogen-bond acceptors (Lipinski definition) is 6. The van der Waals surface area contributed by atoms with Crippen LogP contribution in [-0.4, -0.2) is 21.9 Å². The number of nitro groups is 1. The van der Waals surface area contributed by atoms with E-state index in [0.29, 0.717) is 12.5 Å². The summed E-state index contributed by atoms with van der Waals surface area (Å²) in [6.07, 6.45) is 2.39. The van der Waals surface area contributed by atoms with E-state index in [0.717, 1.165) is 9.21 Å². The molecule has 2 aromatic rings. The van der Waals surface area contributed by atoms with Crippen LogP contribution in [0.4, 0.5) is 11.6 Å². The first-order chi connectivity index (χ1) is 8.56. The highest BCUT2D eigenvalue weighted by molar-refractivity contribution is 7.16. The maximum atomic E-state index is 10.5. The van der Waals surface area contributed by atoms with Crippen LogP contribution < -0.4 is 4.90 Å². The first kappa shape index (κ1) is 12.7. The zero-order valence-electron chi connectivity index (χ0n) is 9.41. The molecule has 8 heteroatoms. The molecule has 0 aliphatic heterocycles. The van der Waals surface area contributed by atoms with Gasteiger partial charge in [-0.2, -0.15) is 0 Å². The molecule has 0 saturated heterocycles. The molecule has 0 saturated carbocycles. The van der Waals surface area contributed by atoms with Crippen molar-refractivity contribution in [3.05, 3.63) is 43.9 Å². The molecule has 0 bridgehead atoms. The Hall–Kier alpha value is -1.73. The standard InChI is InChI=1S/C10H9ClN4O2S/c1-14(6-8-2-3-9(11)18-8)10-12-4-7(5-13-10)15(16)17/h2-5H,6H2,1H3. The predicted molar refractivity (Wildman–Crippen MR) is 70.1 cm³/mol. The Kier molecular flexibility index (Phi) is 3.73. The molecular weight excluding hydrogens is 276 g/mol. The van der Waals surface area contributed by atoms with Crippen LogP contribution in [-0.2, 0) is 6.54 Å². The third-order valence-electron chi connectivity index (χ3n) is 2.20. The fourth-order valence-corrected chi connectivity index (χ4v) is 2.49. The van der Waals surface area contributed by atoms with Gasteiger partial charge in [-0.1, -0.05) is 11.6 Å². The largest absolute Gasteiger partial charge is 0.339 e. The van der Waals surface area contributed by atoms with E-state index in [9.17, 15) is 10.1 Å². The predicted octanol–water partition coefficient (Wildman–Crippen LogP) is 2.74. The van der Waals surface area contributed by atoms with Crippen molar-refractivity contribution in [3.8, 4) is 0 Å². The van der Waals surface area contributed by atoms with Gasteiger partial charge in [-0.15, -0.1) is 11.3 Å². The summed E-state index contributed by atoms with van der Waals surface area (Å²) in [4.78, 5) is 20.7. The first-order valence-corrected chi connectivity index (χ1v) is 6.17. The van der Waals surface area contributed by atoms with E-state index >= 15 is 0 Å². The monoisotopic (exact) mass is 284 g/mol. The van der Waals surface area contributed by atoms with Gasteiger partial charge in [0.05, 0.1) is 15.8 Å². The summed E-state index contributed by atoms with van der Waals surface area (Å²) in [6.45, 7) is 0.606. The maximum Gasteiger partial charge on any atom is 0.305 e. The fraction of sp³-hybridized carbons (Fsp3) is 0.200. The SMILES string of the molecule is CN(Cc1ccc(Cl)s1)c1ncc([N+](=O)[O-])cn1. The Bertz CT molecular complexity index is 557. The van der Waals surface area contributed by atoms with Crippen LogP contribution in [0.5, 0.6) is 0 Å². The Balaban J connectivity index is 2.09. The van der Waals surface area contributed by atoms with Crippen molar-refractivity contribution in [3.63, 3.8) is 0 Å². The third-order valence-corrected chi connectivity index (χ3v) is 3.41. The molecule has 2 aromatic heterocycles. The van der Waals surface area contributed by atoms with Gasteiger partial charge in [0, 0.05) is 11.9 Å². The zero-order chi connectivity index (χ0) is 13.1. The Morgan fingerprint density at radius 2 is 2.11 bits per heavy atom. The van der Waals surface area contributed by atoms with Crippen molar-refractivity contribution < 1.29 is 4.92 Å². The van der Waals surface area contributed by atoms with Gasteiger partial charge in [0.1, 0.15) is 12.4 Å². The molecule has 18 heavy (non-hydrogen) atoms. The van der Waals surface area contributed by atoms with E-state index in [-0.39, 0.29) is 5.69 Å². The van der Waals surface area contributed by atoms with Gasteiger partial charge in [0.2, 0.25) is 5.95 Å². The summed E-state index contributed by atoms with van der Waals surface area (Å²) >= 11 is 7.32. The molecule has 2 heterocycles. The summed E-state index contributed by atoms with van der Waals surface area (Å²) in [7, 11) is 1.81. The third kappa shape index (κ3) is 2.93. The van der Waals surface area contributed by atoms with Crippen LogP contribution in [0.3, 0.4) is 0 Å². The number of thiophene rings is 1. The van der Waals surface area contributed by atoms with Gasteiger partial charge in [-0.25, -0.2) is 9.97 Å². The number of rotatable bonds is 4. The Morgan fingerprint density at radius 3 is 2.61 bits per heavy atom. The summed E-state index contributed by atoms with van der Waals surface area (Å²) in [6, 6.07) is 3.75. The average molecular weight is 285 g/mol. The van der Waals surface area contributed by atoms with E-state index in [1.54, 1.807) is 4.90 Å². The molecule has 0 N–H and O–H groups in total. The molecule has 0 amide bonds. The van der Waals surface area contributed by atoms with Gasteiger partial charge >= 0.3 is 5.69 Å². The summed E-state index contributed by atoms with van der Waals surface area (Å²) in [5.41, 5.74) is -0.119. The van der Waals surface area contributed by atoms with Crippen LogP contribution in [0.2, 0.25) is 4.34 Å². The Morgan fingerprint density at radius 1 is 1.44 bits per heavy atom. The number of hydrogen-bond donors (Lipinski definition) is 0. The van der Waals surface area contributed by atoms with E-state index in [4.69, 9.17) is 11.6 Å². The van der Waals surface area contributed by atoms with Crippen molar-refractivity contribution in [1.82, 2.24) is 9.97 Å². The quantitative estimate of drug-likeness (QED) is 0.637. The lowest BCUT2D eigenvalue weighted by Crippen LogP contribution is -2.18. The van der Waals surface area contributed by atoms with Crippen LogP contribution in [0.15, 0.2) is 24.5 Å². The average Bonchev–Trinajstić information content (AvgIpc) is 2.75. The normalized spacial score (nSPS) is 10.3. The molecule has 94 valence electrons. The topological polar surface area (TPSA) is 72.2 Å². The Labute approximate surface area is 112 Å². The second-order valence-corrected chi connectivity index (χ2v) is 5.36. The van der Waals surface area contributed by atoms with E-state index in [1.165, 1.54) is 23.7 Å². The summed E-state index contributed by atoms with van der Waals surface area (Å²) in [5, 5.41) is 10.5. The maximum absolute atomic E-state index is 10.5. The number of aromatic nitrogens is 2. The van der Waals surface area contributed by atoms with Crippen molar-refractivity contribution in [2.45, 2.75) is 6.54 Å². The highest BCUT2D eigenvalue weighted by atomic mass is 35.5. The van der Waals surface area contributed by atoms with Gasteiger partial charge < -0.3 is 4.90 Å². The van der Waals surface area contributed by atoms with Gasteiger partial charge in [0.15, 0.2) is 0 Å². The molecule has 0 aliphatic rings. The van der Waals surface area contributed by atoms with Crippen molar-refractivity contribution in [2.24, 2.45) is 0 Å². The second-order valence-electron chi connectivity index (χ2n) is 3.56. The van der Waals surface area contributed by atoms with E-state index < -0.39 is 4.92 Å². The number of anilines is 1. The van der Waals surface area contributed by atoms with Gasteiger partial charge in [-0.3, -0.25) is 10.1 Å². The van der Waals surface area contributed by atoms with Crippen LogP contribution in [0.25, 0.3) is 0 Å². The molecule has 0 spiro atoms. The lowest BCUT2D eigenvalue weighted by atomic mass is 10.4. The minimum absolute atomic E-state index is 0.119. The van der Waals surface area contributed by atoms with Crippen LogP contribution >= 0.6 is 22.9 Å². The molecule has 6 nitrogen and oxygen atoms in total. The van der Waals surface area contributed by atoms with E-state index in [2.05, 4.69) is 9.97 Å². The molecule has 0 radical (unpaired) electrons. The van der Waals surface area contributed by atoms with Gasteiger partial charge in [-0.05, 0) is 12.1 Å². The lowest BCUT2D eigenvalue weighted by Gasteiger charge is -2.14. The minimum Gasteiger partial charge on any atom is -0.339 e. The van der Waals surface area contributed by atoms with Gasteiger partial charge in [0.25, 0.3) is 0 Å². The molecule has 0 aliphatic carbocycles.